The van der Waals surface area contributed by atoms with Gasteiger partial charge in [-0.15, -0.1) is 0 Å². The van der Waals surface area contributed by atoms with Crippen LogP contribution in [0.3, 0.4) is 0 Å². The van der Waals surface area contributed by atoms with Crippen LogP contribution in [-0.4, -0.2) is 0 Å². The molecule has 94 valence electrons. The van der Waals surface area contributed by atoms with Crippen molar-refractivity contribution in [2.45, 2.75) is 6.04 Å². The molecule has 0 spiro atoms. The predicted octanol–water partition coefficient (Wildman–Crippen LogP) is 3.28. The van der Waals surface area contributed by atoms with Gasteiger partial charge in [-0.05, 0) is 23.8 Å². The first-order valence-electron chi connectivity index (χ1n) is 5.29. The highest BCUT2D eigenvalue weighted by Crippen LogP contribution is 2.29. The molecule has 2 rings (SSSR count). The molecule has 0 radical (unpaired) electrons. The number of hydrazine groups is 1. The maximum absolute atomic E-state index is 13.7. The second-order valence-corrected chi connectivity index (χ2v) is 4.64. The largest absolute Gasteiger partial charge is 0.271 e. The predicted molar refractivity (Wildman–Crippen MR) is 69.7 cm³/mol. The standard InChI is InChI=1S/C13H11BrF2N2/c14-11-7-8(15)5-6-9(11)13(18-17)10-3-1-2-4-12(10)16/h1-7,13,18H,17H2. The van der Waals surface area contributed by atoms with Crippen LogP contribution in [0, 0.1) is 11.6 Å². The van der Waals surface area contributed by atoms with E-state index in [4.69, 9.17) is 5.84 Å². The maximum Gasteiger partial charge on any atom is 0.128 e. The average Bonchev–Trinajstić information content (AvgIpc) is 2.34. The summed E-state index contributed by atoms with van der Waals surface area (Å²) in [4.78, 5) is 0. The van der Waals surface area contributed by atoms with E-state index in [1.807, 2.05) is 0 Å². The molecule has 1 unspecified atom stereocenters. The summed E-state index contributed by atoms with van der Waals surface area (Å²) in [5, 5.41) is 0. The van der Waals surface area contributed by atoms with E-state index in [-0.39, 0.29) is 11.6 Å². The van der Waals surface area contributed by atoms with E-state index in [0.717, 1.165) is 0 Å². The summed E-state index contributed by atoms with van der Waals surface area (Å²) in [5.74, 6) is 4.75. The fourth-order valence-electron chi connectivity index (χ4n) is 1.79. The van der Waals surface area contributed by atoms with Crippen molar-refractivity contribution >= 4 is 15.9 Å². The Morgan fingerprint density at radius 1 is 1.06 bits per heavy atom. The Labute approximate surface area is 112 Å². The smallest absolute Gasteiger partial charge is 0.128 e. The molecule has 0 aliphatic carbocycles. The van der Waals surface area contributed by atoms with Crippen molar-refractivity contribution in [1.82, 2.24) is 5.43 Å². The van der Waals surface area contributed by atoms with Crippen molar-refractivity contribution in [2.24, 2.45) is 5.84 Å². The Balaban J connectivity index is 2.49. The van der Waals surface area contributed by atoms with Gasteiger partial charge in [0.05, 0.1) is 6.04 Å². The van der Waals surface area contributed by atoms with Gasteiger partial charge in [-0.2, -0.15) is 0 Å². The summed E-state index contributed by atoms with van der Waals surface area (Å²) in [5.41, 5.74) is 3.62. The van der Waals surface area contributed by atoms with Crippen LogP contribution in [-0.2, 0) is 0 Å². The molecule has 0 aliphatic rings. The summed E-state index contributed by atoms with van der Waals surface area (Å²) in [6.07, 6.45) is 0. The number of hydrogen-bond donors (Lipinski definition) is 2. The van der Waals surface area contributed by atoms with Gasteiger partial charge in [-0.1, -0.05) is 40.2 Å². The van der Waals surface area contributed by atoms with Crippen LogP contribution in [0.25, 0.3) is 0 Å². The number of rotatable bonds is 3. The third-order valence-corrected chi connectivity index (χ3v) is 3.34. The molecular weight excluding hydrogens is 302 g/mol. The fourth-order valence-corrected chi connectivity index (χ4v) is 2.37. The molecule has 2 nitrogen and oxygen atoms in total. The molecule has 1 atom stereocenters. The van der Waals surface area contributed by atoms with Gasteiger partial charge in [0, 0.05) is 10.0 Å². The highest BCUT2D eigenvalue weighted by molar-refractivity contribution is 9.10. The molecule has 2 aromatic rings. The van der Waals surface area contributed by atoms with Crippen molar-refractivity contribution in [1.29, 1.82) is 0 Å². The van der Waals surface area contributed by atoms with Gasteiger partial charge >= 0.3 is 0 Å². The zero-order valence-corrected chi connectivity index (χ0v) is 10.9. The lowest BCUT2D eigenvalue weighted by Crippen LogP contribution is -2.29. The molecule has 0 aliphatic heterocycles. The van der Waals surface area contributed by atoms with Crippen LogP contribution in [0.2, 0.25) is 0 Å². The number of halogens is 3. The lowest BCUT2D eigenvalue weighted by Gasteiger charge is -2.19. The van der Waals surface area contributed by atoms with Crippen LogP contribution in [0.4, 0.5) is 8.78 Å². The second kappa shape index (κ2) is 5.56. The summed E-state index contributed by atoms with van der Waals surface area (Å²) < 4.78 is 27.3. The Morgan fingerprint density at radius 2 is 1.78 bits per heavy atom. The van der Waals surface area contributed by atoms with Crippen LogP contribution in [0.15, 0.2) is 46.9 Å². The lowest BCUT2D eigenvalue weighted by molar-refractivity contribution is 0.557. The van der Waals surface area contributed by atoms with Gasteiger partial charge in [0.1, 0.15) is 11.6 Å². The van der Waals surface area contributed by atoms with Gasteiger partial charge in [-0.3, -0.25) is 5.84 Å². The van der Waals surface area contributed by atoms with Gasteiger partial charge in [0.2, 0.25) is 0 Å². The van der Waals surface area contributed by atoms with E-state index in [0.29, 0.717) is 15.6 Å². The zero-order valence-electron chi connectivity index (χ0n) is 9.33. The van der Waals surface area contributed by atoms with Crippen LogP contribution in [0.5, 0.6) is 0 Å². The van der Waals surface area contributed by atoms with Crippen molar-refractivity contribution in [3.05, 3.63) is 69.7 Å². The molecule has 0 fully saturated rings. The minimum atomic E-state index is -0.541. The van der Waals surface area contributed by atoms with E-state index in [1.54, 1.807) is 24.3 Å². The van der Waals surface area contributed by atoms with Gasteiger partial charge in [-0.25, -0.2) is 14.2 Å². The molecule has 18 heavy (non-hydrogen) atoms. The molecule has 2 aromatic carbocycles. The van der Waals surface area contributed by atoms with Crippen molar-refractivity contribution in [3.63, 3.8) is 0 Å². The number of hydrogen-bond acceptors (Lipinski definition) is 2. The first kappa shape index (κ1) is 13.1. The van der Waals surface area contributed by atoms with Crippen molar-refractivity contribution in [3.8, 4) is 0 Å². The first-order chi connectivity index (χ1) is 8.63. The first-order valence-corrected chi connectivity index (χ1v) is 6.08. The van der Waals surface area contributed by atoms with Crippen LogP contribution >= 0.6 is 15.9 Å². The Hall–Kier alpha value is -1.30. The number of nitrogens with one attached hydrogen (secondary N) is 1. The lowest BCUT2D eigenvalue weighted by atomic mass is 9.99. The van der Waals surface area contributed by atoms with E-state index < -0.39 is 6.04 Å². The summed E-state index contributed by atoms with van der Waals surface area (Å²) in [6, 6.07) is 9.97. The zero-order chi connectivity index (χ0) is 13.1. The SMILES string of the molecule is NNC(c1ccccc1F)c1ccc(F)cc1Br. The van der Waals surface area contributed by atoms with E-state index in [9.17, 15) is 8.78 Å². The minimum absolute atomic E-state index is 0.364. The van der Waals surface area contributed by atoms with Gasteiger partial charge < -0.3 is 0 Å². The maximum atomic E-state index is 13.7. The van der Waals surface area contributed by atoms with Gasteiger partial charge in [0.15, 0.2) is 0 Å². The molecule has 3 N–H and O–H groups in total. The van der Waals surface area contributed by atoms with Crippen molar-refractivity contribution < 1.29 is 8.78 Å². The highest BCUT2D eigenvalue weighted by atomic mass is 79.9. The van der Waals surface area contributed by atoms with Gasteiger partial charge in [0.25, 0.3) is 0 Å². The molecule has 0 bridgehead atoms. The third-order valence-electron chi connectivity index (χ3n) is 2.66. The quantitative estimate of drug-likeness (QED) is 0.674. The molecule has 0 saturated carbocycles. The normalized spacial score (nSPS) is 12.4. The monoisotopic (exact) mass is 312 g/mol. The van der Waals surface area contributed by atoms with E-state index >= 15 is 0 Å². The topological polar surface area (TPSA) is 38.0 Å². The molecule has 0 amide bonds. The van der Waals surface area contributed by atoms with Crippen LogP contribution in [0.1, 0.15) is 17.2 Å². The highest BCUT2D eigenvalue weighted by Gasteiger charge is 2.18. The number of benzene rings is 2. The summed E-state index contributed by atoms with van der Waals surface area (Å²) >= 11 is 3.25. The minimum Gasteiger partial charge on any atom is -0.271 e. The third kappa shape index (κ3) is 2.58. The molecule has 5 heteroatoms. The van der Waals surface area contributed by atoms with E-state index in [2.05, 4.69) is 21.4 Å². The molecule has 0 heterocycles. The number of nitrogens with two attached hydrogens (primary N) is 1. The van der Waals surface area contributed by atoms with Crippen LogP contribution < -0.4 is 11.3 Å². The van der Waals surface area contributed by atoms with Crippen molar-refractivity contribution in [2.75, 3.05) is 0 Å². The average molecular weight is 313 g/mol. The van der Waals surface area contributed by atoms with E-state index in [1.165, 1.54) is 18.2 Å². The second-order valence-electron chi connectivity index (χ2n) is 3.79. The fraction of sp³-hybridized carbons (Fsp3) is 0.0769. The Bertz CT molecular complexity index is 560. The molecular formula is C13H11BrF2N2. The summed E-state index contributed by atoms with van der Waals surface area (Å²) in [7, 11) is 0. The Morgan fingerprint density at radius 3 is 2.39 bits per heavy atom. The Kier molecular flexibility index (Phi) is 4.06. The molecule has 0 saturated heterocycles. The molecule has 0 aromatic heterocycles. The summed E-state index contributed by atoms with van der Waals surface area (Å²) in [6.45, 7) is 0.